The number of hydrogen-bond donors (Lipinski definition) is 2. The normalized spacial score (nSPS) is 10.3. The second-order valence-corrected chi connectivity index (χ2v) is 6.38. The van der Waals surface area contributed by atoms with Crippen LogP contribution < -0.4 is 20.1 Å². The third-order valence-corrected chi connectivity index (χ3v) is 4.87. The van der Waals surface area contributed by atoms with E-state index in [4.69, 9.17) is 14.2 Å². The fourth-order valence-corrected chi connectivity index (χ4v) is 3.50. The Hall–Kier alpha value is -3.26. The number of urea groups is 1. The molecule has 27 heavy (non-hydrogen) atoms. The molecule has 0 aliphatic carbocycles. The lowest BCUT2D eigenvalue weighted by molar-refractivity contribution is 0.0601. The summed E-state index contributed by atoms with van der Waals surface area (Å²) in [6.45, 7) is 0. The van der Waals surface area contributed by atoms with Crippen molar-refractivity contribution >= 4 is 44.8 Å². The van der Waals surface area contributed by atoms with E-state index in [0.29, 0.717) is 17.2 Å². The molecule has 2 amide bonds. The van der Waals surface area contributed by atoms with E-state index in [1.165, 1.54) is 44.8 Å². The van der Waals surface area contributed by atoms with Gasteiger partial charge in [-0.25, -0.2) is 9.59 Å². The largest absolute Gasteiger partial charge is 0.493 e. The average molecular weight is 386 g/mol. The van der Waals surface area contributed by atoms with Gasteiger partial charge in [-0.05, 0) is 6.07 Å². The van der Waals surface area contributed by atoms with E-state index in [9.17, 15) is 9.59 Å². The topological polar surface area (TPSA) is 85.9 Å². The van der Waals surface area contributed by atoms with Gasteiger partial charge in [0.25, 0.3) is 0 Å². The maximum absolute atomic E-state index is 12.5. The fourth-order valence-electron chi connectivity index (χ4n) is 2.61. The van der Waals surface area contributed by atoms with E-state index in [-0.39, 0.29) is 11.3 Å². The van der Waals surface area contributed by atoms with Crippen molar-refractivity contribution in [3.8, 4) is 11.5 Å². The number of ether oxygens (including phenoxy) is 3. The number of methoxy groups -OCH3 is 3. The van der Waals surface area contributed by atoms with Crippen LogP contribution in [0.3, 0.4) is 0 Å². The van der Waals surface area contributed by atoms with Gasteiger partial charge in [-0.3, -0.25) is 0 Å². The average Bonchev–Trinajstić information content (AvgIpc) is 3.09. The lowest BCUT2D eigenvalue weighted by Crippen LogP contribution is -2.21. The van der Waals surface area contributed by atoms with Crippen LogP contribution in [0.15, 0.2) is 41.8 Å². The molecule has 140 valence electrons. The molecule has 0 unspecified atom stereocenters. The Labute approximate surface area is 159 Å². The molecule has 0 radical (unpaired) electrons. The number of amides is 2. The summed E-state index contributed by atoms with van der Waals surface area (Å²) in [4.78, 5) is 24.6. The Kier molecular flexibility index (Phi) is 5.46. The summed E-state index contributed by atoms with van der Waals surface area (Å²) >= 11 is 1.53. The lowest BCUT2D eigenvalue weighted by Gasteiger charge is -2.15. The predicted molar refractivity (Wildman–Crippen MR) is 105 cm³/mol. The van der Waals surface area contributed by atoms with Crippen LogP contribution in [0.2, 0.25) is 0 Å². The van der Waals surface area contributed by atoms with Gasteiger partial charge in [0, 0.05) is 27.6 Å². The molecule has 1 heterocycles. The zero-order valence-corrected chi connectivity index (χ0v) is 15.8. The molecule has 0 spiro atoms. The number of carbonyl (C=O) groups excluding carboxylic acids is 2. The molecular formula is C19H18N2O5S. The Morgan fingerprint density at radius 1 is 0.926 bits per heavy atom. The third kappa shape index (κ3) is 3.80. The molecular weight excluding hydrogens is 368 g/mol. The molecule has 8 heteroatoms. The Morgan fingerprint density at radius 3 is 2.30 bits per heavy atom. The van der Waals surface area contributed by atoms with Crippen molar-refractivity contribution in [1.82, 2.24) is 0 Å². The van der Waals surface area contributed by atoms with Crippen LogP contribution in [0.4, 0.5) is 16.2 Å². The van der Waals surface area contributed by atoms with E-state index in [2.05, 4.69) is 10.6 Å². The van der Waals surface area contributed by atoms with Gasteiger partial charge in [-0.15, -0.1) is 11.3 Å². The number of anilines is 2. The van der Waals surface area contributed by atoms with Crippen molar-refractivity contribution in [2.45, 2.75) is 0 Å². The monoisotopic (exact) mass is 386 g/mol. The highest BCUT2D eigenvalue weighted by molar-refractivity contribution is 7.17. The van der Waals surface area contributed by atoms with Crippen LogP contribution in [0.25, 0.3) is 10.1 Å². The van der Waals surface area contributed by atoms with Gasteiger partial charge in [-0.1, -0.05) is 18.2 Å². The standard InChI is InChI=1S/C19H18N2O5S/c1-24-15-8-12(18(22)26-3)13(9-16(15)25-2)20-19(23)21-14-10-27-17-7-5-4-6-11(14)17/h4-10H,1-3H3,(H2,20,21,23). The lowest BCUT2D eigenvalue weighted by atomic mass is 10.1. The van der Waals surface area contributed by atoms with Gasteiger partial charge in [0.1, 0.15) is 0 Å². The van der Waals surface area contributed by atoms with Crippen LogP contribution in [0.5, 0.6) is 11.5 Å². The van der Waals surface area contributed by atoms with Crippen LogP contribution >= 0.6 is 11.3 Å². The summed E-state index contributed by atoms with van der Waals surface area (Å²) in [5.74, 6) is 0.126. The smallest absolute Gasteiger partial charge is 0.340 e. The quantitative estimate of drug-likeness (QED) is 0.637. The summed E-state index contributed by atoms with van der Waals surface area (Å²) in [5, 5.41) is 8.28. The molecule has 0 fully saturated rings. The van der Waals surface area contributed by atoms with Gasteiger partial charge < -0.3 is 24.8 Å². The molecule has 2 N–H and O–H groups in total. The molecule has 0 bridgehead atoms. The molecule has 1 aromatic heterocycles. The zero-order valence-electron chi connectivity index (χ0n) is 15.0. The summed E-state index contributed by atoms with van der Waals surface area (Å²) in [7, 11) is 4.19. The first-order valence-electron chi connectivity index (χ1n) is 7.96. The number of nitrogens with one attached hydrogen (secondary N) is 2. The number of rotatable bonds is 5. The molecule has 3 rings (SSSR count). The maximum Gasteiger partial charge on any atom is 0.340 e. The summed E-state index contributed by atoms with van der Waals surface area (Å²) in [5.41, 5.74) is 1.09. The highest BCUT2D eigenvalue weighted by Crippen LogP contribution is 2.34. The van der Waals surface area contributed by atoms with E-state index in [1.807, 2.05) is 29.6 Å². The van der Waals surface area contributed by atoms with Crippen molar-refractivity contribution in [2.75, 3.05) is 32.0 Å². The Bertz CT molecular complexity index is 999. The molecule has 0 atom stereocenters. The second kappa shape index (κ2) is 7.96. The number of fused-ring (bicyclic) bond motifs is 1. The first-order valence-corrected chi connectivity index (χ1v) is 8.84. The number of thiophene rings is 1. The summed E-state index contributed by atoms with van der Waals surface area (Å²) in [6, 6.07) is 10.2. The molecule has 3 aromatic rings. The minimum absolute atomic E-state index is 0.153. The summed E-state index contributed by atoms with van der Waals surface area (Å²) in [6.07, 6.45) is 0. The third-order valence-electron chi connectivity index (χ3n) is 3.91. The van der Waals surface area contributed by atoms with E-state index in [1.54, 1.807) is 0 Å². The predicted octanol–water partition coefficient (Wildman–Crippen LogP) is 4.35. The summed E-state index contributed by atoms with van der Waals surface area (Å²) < 4.78 is 16.3. The first kappa shape index (κ1) is 18.5. The van der Waals surface area contributed by atoms with Crippen molar-refractivity contribution in [1.29, 1.82) is 0 Å². The molecule has 0 saturated carbocycles. The molecule has 0 aliphatic rings. The molecule has 2 aromatic carbocycles. The minimum atomic E-state index is -0.604. The van der Waals surface area contributed by atoms with Crippen molar-refractivity contribution < 1.29 is 23.8 Å². The van der Waals surface area contributed by atoms with Crippen molar-refractivity contribution in [2.24, 2.45) is 0 Å². The van der Waals surface area contributed by atoms with Gasteiger partial charge in [0.15, 0.2) is 11.5 Å². The van der Waals surface area contributed by atoms with Gasteiger partial charge in [-0.2, -0.15) is 0 Å². The van der Waals surface area contributed by atoms with E-state index in [0.717, 1.165) is 10.1 Å². The van der Waals surface area contributed by atoms with Gasteiger partial charge in [0.2, 0.25) is 0 Å². The highest BCUT2D eigenvalue weighted by Gasteiger charge is 2.19. The van der Waals surface area contributed by atoms with Crippen LogP contribution in [-0.2, 0) is 4.74 Å². The highest BCUT2D eigenvalue weighted by atomic mass is 32.1. The number of benzene rings is 2. The van der Waals surface area contributed by atoms with E-state index < -0.39 is 12.0 Å². The SMILES string of the molecule is COC(=O)c1cc(OC)c(OC)cc1NC(=O)Nc1csc2ccccc12. The Morgan fingerprint density at radius 2 is 1.59 bits per heavy atom. The van der Waals surface area contributed by atoms with E-state index >= 15 is 0 Å². The number of carbonyl (C=O) groups is 2. The first-order chi connectivity index (χ1) is 13.1. The zero-order chi connectivity index (χ0) is 19.4. The number of hydrogen-bond acceptors (Lipinski definition) is 6. The maximum atomic E-state index is 12.5. The Balaban J connectivity index is 1.89. The molecule has 0 saturated heterocycles. The molecule has 7 nitrogen and oxygen atoms in total. The van der Waals surface area contributed by atoms with Crippen LogP contribution in [-0.4, -0.2) is 33.3 Å². The minimum Gasteiger partial charge on any atom is -0.493 e. The van der Waals surface area contributed by atoms with Crippen LogP contribution in [0, 0.1) is 0 Å². The second-order valence-electron chi connectivity index (χ2n) is 5.47. The van der Waals surface area contributed by atoms with Gasteiger partial charge in [0.05, 0.1) is 38.3 Å². The van der Waals surface area contributed by atoms with Crippen molar-refractivity contribution in [3.63, 3.8) is 0 Å². The van der Waals surface area contributed by atoms with Gasteiger partial charge >= 0.3 is 12.0 Å². The van der Waals surface area contributed by atoms with Crippen molar-refractivity contribution in [3.05, 3.63) is 47.3 Å². The number of esters is 1. The molecule has 0 aliphatic heterocycles. The fraction of sp³-hybridized carbons (Fsp3) is 0.158. The van der Waals surface area contributed by atoms with Crippen LogP contribution in [0.1, 0.15) is 10.4 Å².